The van der Waals surface area contributed by atoms with Crippen molar-refractivity contribution in [3.63, 3.8) is 0 Å². The fourth-order valence-corrected chi connectivity index (χ4v) is 3.70. The summed E-state index contributed by atoms with van der Waals surface area (Å²) in [5, 5.41) is 9.65. The molecule has 32 heavy (non-hydrogen) atoms. The molecule has 0 bridgehead atoms. The second-order valence-corrected chi connectivity index (χ2v) is 10.7. The first-order valence-corrected chi connectivity index (χ1v) is 11.3. The SMILES string of the molecule is CC(C)(C)OC(=O)N1CCC(COc2ccc(B3OC(C)(C)C(C)(C)O3)cc2C#N)CC1. The summed E-state index contributed by atoms with van der Waals surface area (Å²) in [6.45, 7) is 15.4. The maximum atomic E-state index is 12.2. The Morgan fingerprint density at radius 2 is 1.78 bits per heavy atom. The van der Waals surface area contributed by atoms with Crippen molar-refractivity contribution in [1.82, 2.24) is 4.90 Å². The molecule has 174 valence electrons. The van der Waals surface area contributed by atoms with Crippen molar-refractivity contribution in [2.45, 2.75) is 78.1 Å². The lowest BCUT2D eigenvalue weighted by molar-refractivity contribution is 0.00578. The minimum absolute atomic E-state index is 0.262. The minimum atomic E-state index is -0.515. The maximum Gasteiger partial charge on any atom is 0.494 e. The van der Waals surface area contributed by atoms with Gasteiger partial charge in [-0.2, -0.15) is 5.26 Å². The molecule has 1 amide bonds. The molecule has 2 saturated heterocycles. The minimum Gasteiger partial charge on any atom is -0.492 e. The van der Waals surface area contributed by atoms with Crippen LogP contribution in [0.25, 0.3) is 0 Å². The van der Waals surface area contributed by atoms with Crippen LogP contribution in [0, 0.1) is 17.2 Å². The van der Waals surface area contributed by atoms with Crippen LogP contribution in [0.5, 0.6) is 5.75 Å². The average molecular weight is 442 g/mol. The van der Waals surface area contributed by atoms with E-state index < -0.39 is 23.9 Å². The van der Waals surface area contributed by atoms with E-state index in [1.807, 2.05) is 60.6 Å². The first-order chi connectivity index (χ1) is 14.8. The van der Waals surface area contributed by atoms with Crippen molar-refractivity contribution in [3.8, 4) is 11.8 Å². The van der Waals surface area contributed by atoms with Gasteiger partial charge in [0.15, 0.2) is 0 Å². The van der Waals surface area contributed by atoms with Gasteiger partial charge in [0.25, 0.3) is 0 Å². The van der Waals surface area contributed by atoms with Gasteiger partial charge in [0, 0.05) is 13.1 Å². The third kappa shape index (κ3) is 5.57. The summed E-state index contributed by atoms with van der Waals surface area (Å²) in [5.74, 6) is 0.880. The molecule has 1 aromatic carbocycles. The van der Waals surface area contributed by atoms with Gasteiger partial charge in [-0.15, -0.1) is 0 Å². The van der Waals surface area contributed by atoms with Crippen LogP contribution in [0.3, 0.4) is 0 Å². The summed E-state index contributed by atoms with van der Waals surface area (Å²) in [5.41, 5.74) is -0.0971. The van der Waals surface area contributed by atoms with Gasteiger partial charge in [0.1, 0.15) is 17.4 Å². The van der Waals surface area contributed by atoms with Crippen molar-refractivity contribution in [2.24, 2.45) is 5.92 Å². The van der Waals surface area contributed by atoms with Crippen molar-refractivity contribution in [2.75, 3.05) is 19.7 Å². The standard InChI is InChI=1S/C24H35BN2O5/c1-22(2,3)30-21(28)27-12-10-17(11-13-27)16-29-20-9-8-19(14-18(20)15-26)25-31-23(4,5)24(6,7)32-25/h8-9,14,17H,10-13,16H2,1-7H3. The van der Waals surface area contributed by atoms with Crippen molar-refractivity contribution < 1.29 is 23.6 Å². The van der Waals surface area contributed by atoms with Crippen molar-refractivity contribution in [1.29, 1.82) is 5.26 Å². The molecule has 3 rings (SSSR count). The van der Waals surface area contributed by atoms with Crippen LogP contribution >= 0.6 is 0 Å². The lowest BCUT2D eigenvalue weighted by atomic mass is 9.78. The number of piperidine rings is 1. The molecular formula is C24H35BN2O5. The predicted octanol–water partition coefficient (Wildman–Crippen LogP) is 3.88. The number of hydrogen-bond acceptors (Lipinski definition) is 6. The summed E-state index contributed by atoms with van der Waals surface area (Å²) >= 11 is 0. The fraction of sp³-hybridized carbons (Fsp3) is 0.667. The van der Waals surface area contributed by atoms with Crippen LogP contribution in [0.15, 0.2) is 18.2 Å². The average Bonchev–Trinajstić information content (AvgIpc) is 2.92. The third-order valence-electron chi connectivity index (χ3n) is 6.39. The molecule has 0 aliphatic carbocycles. The van der Waals surface area contributed by atoms with Crippen LogP contribution in [0.4, 0.5) is 4.79 Å². The van der Waals surface area contributed by atoms with Crippen LogP contribution in [-0.2, 0) is 14.0 Å². The highest BCUT2D eigenvalue weighted by Gasteiger charge is 2.51. The number of amides is 1. The zero-order chi connectivity index (χ0) is 23.7. The Bertz CT molecular complexity index is 863. The van der Waals surface area contributed by atoms with Crippen LogP contribution < -0.4 is 10.2 Å². The second kappa shape index (κ2) is 8.95. The summed E-state index contributed by atoms with van der Waals surface area (Å²) in [6, 6.07) is 7.71. The lowest BCUT2D eigenvalue weighted by Crippen LogP contribution is -2.42. The number of carbonyl (C=O) groups is 1. The molecular weight excluding hydrogens is 407 g/mol. The number of carbonyl (C=O) groups excluding carboxylic acids is 1. The molecule has 0 atom stereocenters. The van der Waals surface area contributed by atoms with E-state index in [4.69, 9.17) is 18.8 Å². The molecule has 0 spiro atoms. The number of likely N-dealkylation sites (tertiary alicyclic amines) is 1. The predicted molar refractivity (Wildman–Crippen MR) is 123 cm³/mol. The molecule has 0 radical (unpaired) electrons. The van der Waals surface area contributed by atoms with Gasteiger partial charge in [-0.3, -0.25) is 0 Å². The van der Waals surface area contributed by atoms with Gasteiger partial charge >= 0.3 is 13.2 Å². The molecule has 2 aliphatic rings. The Kier molecular flexibility index (Phi) is 6.83. The first kappa shape index (κ1) is 24.4. The molecule has 0 unspecified atom stereocenters. The van der Waals surface area contributed by atoms with Crippen LogP contribution in [0.1, 0.15) is 66.9 Å². The summed E-state index contributed by atoms with van der Waals surface area (Å²) in [6.07, 6.45) is 1.42. The molecule has 2 aliphatic heterocycles. The topological polar surface area (TPSA) is 81.0 Å². The van der Waals surface area contributed by atoms with Crippen molar-refractivity contribution >= 4 is 18.7 Å². The number of rotatable bonds is 4. The highest BCUT2D eigenvalue weighted by molar-refractivity contribution is 6.62. The van der Waals surface area contributed by atoms with E-state index in [0.29, 0.717) is 36.9 Å². The van der Waals surface area contributed by atoms with E-state index in [1.54, 1.807) is 11.0 Å². The van der Waals surface area contributed by atoms with E-state index in [0.717, 1.165) is 18.3 Å². The van der Waals surface area contributed by atoms with Gasteiger partial charge in [0.2, 0.25) is 0 Å². The highest BCUT2D eigenvalue weighted by atomic mass is 16.7. The largest absolute Gasteiger partial charge is 0.494 e. The first-order valence-electron chi connectivity index (χ1n) is 11.3. The zero-order valence-corrected chi connectivity index (χ0v) is 20.4. The Labute approximate surface area is 192 Å². The van der Waals surface area contributed by atoms with Gasteiger partial charge in [-0.05, 0) is 84.8 Å². The summed E-state index contributed by atoms with van der Waals surface area (Å²) in [7, 11) is -0.515. The number of ether oxygens (including phenoxy) is 2. The highest BCUT2D eigenvalue weighted by Crippen LogP contribution is 2.36. The van der Waals surface area contributed by atoms with Crippen LogP contribution in [0.2, 0.25) is 0 Å². The molecule has 8 heteroatoms. The number of hydrogen-bond donors (Lipinski definition) is 0. The van der Waals surface area contributed by atoms with E-state index in [-0.39, 0.29) is 6.09 Å². The molecule has 0 aromatic heterocycles. The molecule has 7 nitrogen and oxygen atoms in total. The normalized spacial score (nSPS) is 20.7. The lowest BCUT2D eigenvalue weighted by Gasteiger charge is -2.33. The Morgan fingerprint density at radius 1 is 1.19 bits per heavy atom. The van der Waals surface area contributed by atoms with Gasteiger partial charge in [-0.1, -0.05) is 6.07 Å². The molecule has 1 aromatic rings. The van der Waals surface area contributed by atoms with E-state index in [2.05, 4.69) is 6.07 Å². The Balaban J connectivity index is 1.56. The maximum absolute atomic E-state index is 12.2. The fourth-order valence-electron chi connectivity index (χ4n) is 3.70. The Morgan fingerprint density at radius 3 is 2.31 bits per heavy atom. The molecule has 0 saturated carbocycles. The van der Waals surface area contributed by atoms with E-state index >= 15 is 0 Å². The van der Waals surface area contributed by atoms with E-state index in [9.17, 15) is 10.1 Å². The third-order valence-corrected chi connectivity index (χ3v) is 6.39. The van der Waals surface area contributed by atoms with Gasteiger partial charge in [0.05, 0.1) is 23.4 Å². The molecule has 2 fully saturated rings. The molecule has 0 N–H and O–H groups in total. The second-order valence-electron chi connectivity index (χ2n) is 10.7. The van der Waals surface area contributed by atoms with Crippen molar-refractivity contribution in [3.05, 3.63) is 23.8 Å². The summed E-state index contributed by atoms with van der Waals surface area (Å²) < 4.78 is 23.6. The van der Waals surface area contributed by atoms with E-state index in [1.165, 1.54) is 0 Å². The molecule has 2 heterocycles. The smallest absolute Gasteiger partial charge is 0.492 e. The monoisotopic (exact) mass is 442 g/mol. The summed E-state index contributed by atoms with van der Waals surface area (Å²) in [4.78, 5) is 14.0. The number of nitriles is 1. The Hall–Kier alpha value is -2.24. The van der Waals surface area contributed by atoms with Gasteiger partial charge in [-0.25, -0.2) is 4.79 Å². The zero-order valence-electron chi connectivity index (χ0n) is 20.4. The quantitative estimate of drug-likeness (QED) is 0.659. The number of benzene rings is 1. The van der Waals surface area contributed by atoms with Gasteiger partial charge < -0.3 is 23.7 Å². The van der Waals surface area contributed by atoms with Crippen LogP contribution in [-0.4, -0.2) is 54.6 Å². The number of nitrogens with zero attached hydrogens (tertiary/aromatic N) is 2.